The van der Waals surface area contributed by atoms with E-state index in [1.807, 2.05) is 0 Å². The summed E-state index contributed by atoms with van der Waals surface area (Å²) in [5, 5.41) is 24.4. The smallest absolute Gasteiger partial charge is 0.334 e. The molecule has 0 aromatic rings. The first kappa shape index (κ1) is 19.3. The van der Waals surface area contributed by atoms with Crippen LogP contribution in [0, 0.1) is 0 Å². The maximum Gasteiger partial charge on any atom is 0.334 e. The van der Waals surface area contributed by atoms with Gasteiger partial charge in [-0.25, -0.2) is 9.59 Å². The summed E-state index contributed by atoms with van der Waals surface area (Å²) in [6.07, 6.45) is -0.902. The number of aliphatic carboxylic acids is 3. The van der Waals surface area contributed by atoms with Crippen LogP contribution in [0.1, 0.15) is 12.8 Å². The maximum atomic E-state index is 11.0. The number of hydrogen-bond donors (Lipinski definition) is 3. The first-order valence-electron chi connectivity index (χ1n) is 5.94. The zero-order valence-corrected chi connectivity index (χ0v) is 11.6. The lowest BCUT2D eigenvalue weighted by atomic mass is 10.2. The first-order chi connectivity index (χ1) is 10.1. The van der Waals surface area contributed by atoms with Gasteiger partial charge in [0, 0.05) is 11.1 Å². The Balaban J connectivity index is 0.000000433. The van der Waals surface area contributed by atoms with Crippen LogP contribution in [-0.2, 0) is 28.7 Å². The molecule has 0 amide bonds. The second-order valence-corrected chi connectivity index (χ2v) is 4.21. The number of rotatable bonds is 8. The third-order valence-corrected chi connectivity index (χ3v) is 2.12. The fourth-order valence-corrected chi connectivity index (χ4v) is 0.948. The van der Waals surface area contributed by atoms with Gasteiger partial charge in [-0.15, -0.1) is 0 Å². The molecule has 1 unspecified atom stereocenters. The molecule has 0 aromatic heterocycles. The molecular weight excluding hydrogens is 300 g/mol. The zero-order chi connectivity index (χ0) is 17.3. The standard InChI is InChI=1S/C8H10O5.C5H6O4/c1-5(2-7(9)10)8(11)13-4-6-3-12-6;1-3(5(8)9)2-4(6)7/h6H,1-4H2,(H,9,10);1-2H2,(H,6,7)(H,8,9). The predicted molar refractivity (Wildman–Crippen MR) is 71.1 cm³/mol. The fourth-order valence-electron chi connectivity index (χ4n) is 0.948. The lowest BCUT2D eigenvalue weighted by molar-refractivity contribution is -0.143. The highest BCUT2D eigenvalue weighted by atomic mass is 16.6. The van der Waals surface area contributed by atoms with Crippen LogP contribution in [0.2, 0.25) is 0 Å². The summed E-state index contributed by atoms with van der Waals surface area (Å²) < 4.78 is 9.50. The highest BCUT2D eigenvalue weighted by Gasteiger charge is 2.25. The van der Waals surface area contributed by atoms with Crippen LogP contribution in [0.5, 0.6) is 0 Å². The van der Waals surface area contributed by atoms with Crippen LogP contribution in [0.4, 0.5) is 0 Å². The topological polar surface area (TPSA) is 151 Å². The molecule has 0 spiro atoms. The summed E-state index contributed by atoms with van der Waals surface area (Å²) in [7, 11) is 0. The van der Waals surface area contributed by atoms with Gasteiger partial charge in [0.2, 0.25) is 0 Å². The van der Waals surface area contributed by atoms with Crippen molar-refractivity contribution in [1.29, 1.82) is 0 Å². The Morgan fingerprint density at radius 3 is 1.77 bits per heavy atom. The van der Waals surface area contributed by atoms with Crippen LogP contribution in [0.25, 0.3) is 0 Å². The monoisotopic (exact) mass is 316 g/mol. The average Bonchev–Trinajstić information content (AvgIpc) is 3.18. The molecule has 1 heterocycles. The maximum absolute atomic E-state index is 11.0. The van der Waals surface area contributed by atoms with Gasteiger partial charge in [0.25, 0.3) is 0 Å². The zero-order valence-electron chi connectivity index (χ0n) is 11.6. The Morgan fingerprint density at radius 2 is 1.45 bits per heavy atom. The number of hydrogen-bond acceptors (Lipinski definition) is 6. The average molecular weight is 316 g/mol. The summed E-state index contributed by atoms with van der Waals surface area (Å²) in [6.45, 7) is 7.08. The first-order valence-corrected chi connectivity index (χ1v) is 5.94. The van der Waals surface area contributed by atoms with Gasteiger partial charge in [0.05, 0.1) is 19.4 Å². The molecule has 0 saturated carbocycles. The minimum atomic E-state index is -1.27. The van der Waals surface area contributed by atoms with Crippen molar-refractivity contribution < 1.29 is 44.0 Å². The van der Waals surface area contributed by atoms with E-state index in [4.69, 9.17) is 24.8 Å². The molecule has 0 bridgehead atoms. The van der Waals surface area contributed by atoms with Crippen molar-refractivity contribution in [2.45, 2.75) is 18.9 Å². The Kier molecular flexibility index (Phi) is 8.16. The molecule has 22 heavy (non-hydrogen) atoms. The van der Waals surface area contributed by atoms with Crippen molar-refractivity contribution in [2.24, 2.45) is 0 Å². The van der Waals surface area contributed by atoms with Crippen molar-refractivity contribution in [3.8, 4) is 0 Å². The largest absolute Gasteiger partial charge is 0.481 e. The Bertz CT molecular complexity index is 488. The summed E-state index contributed by atoms with van der Waals surface area (Å²) in [6, 6.07) is 0. The van der Waals surface area contributed by atoms with Crippen LogP contribution >= 0.6 is 0 Å². The van der Waals surface area contributed by atoms with E-state index in [2.05, 4.69) is 13.2 Å². The minimum Gasteiger partial charge on any atom is -0.481 e. The summed E-state index contributed by atoms with van der Waals surface area (Å²) >= 11 is 0. The molecule has 3 N–H and O–H groups in total. The van der Waals surface area contributed by atoms with E-state index in [-0.39, 0.29) is 30.3 Å². The van der Waals surface area contributed by atoms with Crippen molar-refractivity contribution in [1.82, 2.24) is 0 Å². The normalized spacial score (nSPS) is 14.8. The van der Waals surface area contributed by atoms with Gasteiger partial charge in [0.15, 0.2) is 0 Å². The van der Waals surface area contributed by atoms with Crippen LogP contribution in [0.3, 0.4) is 0 Å². The molecule has 1 aliphatic rings. The third kappa shape index (κ3) is 10.1. The molecule has 9 nitrogen and oxygen atoms in total. The van der Waals surface area contributed by atoms with Gasteiger partial charge in [-0.2, -0.15) is 0 Å². The molecule has 122 valence electrons. The second-order valence-electron chi connectivity index (χ2n) is 4.21. The van der Waals surface area contributed by atoms with Gasteiger partial charge in [-0.05, 0) is 0 Å². The Hall–Kier alpha value is -2.68. The Morgan fingerprint density at radius 1 is 1.00 bits per heavy atom. The molecule has 0 aromatic carbocycles. The number of ether oxygens (including phenoxy) is 2. The van der Waals surface area contributed by atoms with Crippen LogP contribution < -0.4 is 0 Å². The number of carbonyl (C=O) groups excluding carboxylic acids is 1. The summed E-state index contributed by atoms with van der Waals surface area (Å²) in [5.41, 5.74) is -0.351. The van der Waals surface area contributed by atoms with Crippen molar-refractivity contribution in [3.05, 3.63) is 24.3 Å². The van der Waals surface area contributed by atoms with Gasteiger partial charge < -0.3 is 24.8 Å². The molecule has 0 radical (unpaired) electrons. The molecule has 1 rings (SSSR count). The Labute approximate surface area is 125 Å². The SMILES string of the molecule is C=C(CC(=O)O)C(=O)O.C=C(CC(=O)O)C(=O)OCC1CO1. The number of carboxylic acid groups (broad SMARTS) is 3. The van der Waals surface area contributed by atoms with Gasteiger partial charge in [0.1, 0.15) is 12.7 Å². The van der Waals surface area contributed by atoms with E-state index in [0.717, 1.165) is 0 Å². The van der Waals surface area contributed by atoms with Crippen LogP contribution in [0.15, 0.2) is 24.3 Å². The van der Waals surface area contributed by atoms with E-state index in [0.29, 0.717) is 6.61 Å². The van der Waals surface area contributed by atoms with Gasteiger partial charge in [-0.3, -0.25) is 9.59 Å². The molecular formula is C13H16O9. The van der Waals surface area contributed by atoms with E-state index in [1.165, 1.54) is 0 Å². The predicted octanol–water partition coefficient (Wildman–Crippen LogP) is 0.0612. The fraction of sp³-hybridized carbons (Fsp3) is 0.385. The van der Waals surface area contributed by atoms with Gasteiger partial charge in [-0.1, -0.05) is 13.2 Å². The van der Waals surface area contributed by atoms with Gasteiger partial charge >= 0.3 is 23.9 Å². The number of esters is 1. The van der Waals surface area contributed by atoms with Crippen molar-refractivity contribution >= 4 is 23.9 Å². The van der Waals surface area contributed by atoms with Crippen molar-refractivity contribution in [2.75, 3.05) is 13.2 Å². The molecule has 1 fully saturated rings. The molecule has 0 aliphatic carbocycles. The minimum absolute atomic E-state index is 0.0124. The van der Waals surface area contributed by atoms with E-state index in [1.54, 1.807) is 0 Å². The number of epoxide rings is 1. The molecule has 1 atom stereocenters. The van der Waals surface area contributed by atoms with Crippen molar-refractivity contribution in [3.63, 3.8) is 0 Å². The molecule has 1 saturated heterocycles. The number of carbonyl (C=O) groups is 4. The third-order valence-electron chi connectivity index (χ3n) is 2.12. The summed E-state index contributed by atoms with van der Waals surface area (Å²) in [4.78, 5) is 40.8. The highest BCUT2D eigenvalue weighted by molar-refractivity contribution is 5.92. The second kappa shape index (κ2) is 9.29. The number of carboxylic acids is 3. The quantitative estimate of drug-likeness (QED) is 0.320. The van der Waals surface area contributed by atoms with E-state index < -0.39 is 30.3 Å². The van der Waals surface area contributed by atoms with Crippen LogP contribution in [-0.4, -0.2) is 58.5 Å². The molecule has 9 heteroatoms. The lowest BCUT2D eigenvalue weighted by Crippen LogP contribution is -2.13. The molecule has 1 aliphatic heterocycles. The van der Waals surface area contributed by atoms with E-state index in [9.17, 15) is 19.2 Å². The lowest BCUT2D eigenvalue weighted by Gasteiger charge is -2.02. The summed E-state index contributed by atoms with van der Waals surface area (Å²) in [5.74, 6) is -4.21. The highest BCUT2D eigenvalue weighted by Crippen LogP contribution is 2.10. The van der Waals surface area contributed by atoms with E-state index >= 15 is 0 Å².